The highest BCUT2D eigenvalue weighted by Gasteiger charge is 2.68. The van der Waals surface area contributed by atoms with Crippen molar-refractivity contribution in [3.63, 3.8) is 0 Å². The number of carbonyl (C=O) groups is 2. The summed E-state index contributed by atoms with van der Waals surface area (Å²) in [5, 5.41) is 0. The maximum atomic E-state index is 12.9. The lowest BCUT2D eigenvalue weighted by atomic mass is 10.0. The molecule has 5 rings (SSSR count). The number of fused-ring (bicyclic) bond motifs is 5. The van der Waals surface area contributed by atoms with Crippen LogP contribution in [0.1, 0.15) is 33.8 Å². The molecule has 0 unspecified atom stereocenters. The third kappa shape index (κ3) is 2.17. The van der Waals surface area contributed by atoms with E-state index in [1.54, 1.807) is 11.3 Å². The SMILES string of the molecule is Cc1ccc(C(=O)N2CCN(C(=O)C3[C@@H]4[C@H]5CC[C@@H](C5)[C@@H]34)CC2)s1. The second kappa shape index (κ2) is 5.32. The van der Waals surface area contributed by atoms with E-state index in [-0.39, 0.29) is 5.91 Å². The topological polar surface area (TPSA) is 40.6 Å². The number of carbonyl (C=O) groups excluding carboxylic acids is 2. The first kappa shape index (κ1) is 14.9. The van der Waals surface area contributed by atoms with Crippen molar-refractivity contribution in [2.75, 3.05) is 26.2 Å². The molecular formula is C19H24N2O2S. The Bertz CT molecular complexity index is 675. The molecule has 2 bridgehead atoms. The number of hydrogen-bond donors (Lipinski definition) is 0. The maximum Gasteiger partial charge on any atom is 0.264 e. The van der Waals surface area contributed by atoms with E-state index < -0.39 is 0 Å². The van der Waals surface area contributed by atoms with E-state index in [1.165, 1.54) is 24.1 Å². The lowest BCUT2D eigenvalue weighted by Gasteiger charge is -2.35. The van der Waals surface area contributed by atoms with Gasteiger partial charge in [0.05, 0.1) is 4.88 Å². The smallest absolute Gasteiger partial charge is 0.264 e. The zero-order valence-electron chi connectivity index (χ0n) is 14.1. The van der Waals surface area contributed by atoms with E-state index >= 15 is 0 Å². The highest BCUT2D eigenvalue weighted by molar-refractivity contribution is 7.13. The first-order valence-corrected chi connectivity index (χ1v) is 10.1. The Morgan fingerprint density at radius 2 is 1.62 bits per heavy atom. The molecule has 3 saturated carbocycles. The van der Waals surface area contributed by atoms with Gasteiger partial charge in [-0.15, -0.1) is 11.3 Å². The summed E-state index contributed by atoms with van der Waals surface area (Å²) < 4.78 is 0. The minimum atomic E-state index is 0.126. The van der Waals surface area contributed by atoms with Gasteiger partial charge >= 0.3 is 0 Å². The van der Waals surface area contributed by atoms with Crippen molar-refractivity contribution in [1.29, 1.82) is 0 Å². The summed E-state index contributed by atoms with van der Waals surface area (Å²) in [5.41, 5.74) is 0. The molecular weight excluding hydrogens is 320 g/mol. The molecule has 1 aromatic heterocycles. The van der Waals surface area contributed by atoms with Gasteiger partial charge in [-0.05, 0) is 62.0 Å². The molecule has 1 aromatic rings. The first-order chi connectivity index (χ1) is 11.6. The quantitative estimate of drug-likeness (QED) is 0.827. The third-order valence-electron chi connectivity index (χ3n) is 6.85. The minimum absolute atomic E-state index is 0.126. The predicted molar refractivity (Wildman–Crippen MR) is 92.8 cm³/mol. The van der Waals surface area contributed by atoms with Gasteiger partial charge in [0.15, 0.2) is 0 Å². The van der Waals surface area contributed by atoms with Crippen molar-refractivity contribution in [3.05, 3.63) is 21.9 Å². The summed E-state index contributed by atoms with van der Waals surface area (Å²) in [6.45, 7) is 4.80. The predicted octanol–water partition coefficient (Wildman–Crippen LogP) is 2.63. The lowest BCUT2D eigenvalue weighted by molar-refractivity contribution is -0.135. The average molecular weight is 344 g/mol. The third-order valence-corrected chi connectivity index (χ3v) is 7.84. The molecule has 24 heavy (non-hydrogen) atoms. The summed E-state index contributed by atoms with van der Waals surface area (Å²) in [7, 11) is 0. The van der Waals surface area contributed by atoms with Crippen molar-refractivity contribution in [2.45, 2.75) is 26.2 Å². The number of nitrogens with zero attached hydrogens (tertiary/aromatic N) is 2. The molecule has 4 atom stereocenters. The second-order valence-electron chi connectivity index (χ2n) is 8.04. The van der Waals surface area contributed by atoms with Crippen molar-refractivity contribution in [3.8, 4) is 0 Å². The van der Waals surface area contributed by atoms with E-state index in [0.717, 1.165) is 16.7 Å². The highest BCUT2D eigenvalue weighted by atomic mass is 32.1. The van der Waals surface area contributed by atoms with E-state index in [2.05, 4.69) is 0 Å². The van der Waals surface area contributed by atoms with Gasteiger partial charge in [-0.2, -0.15) is 0 Å². The summed E-state index contributed by atoms with van der Waals surface area (Å²) in [4.78, 5) is 31.3. The van der Waals surface area contributed by atoms with Crippen molar-refractivity contribution in [2.24, 2.45) is 29.6 Å². The molecule has 2 heterocycles. The average Bonchev–Trinajstić information content (AvgIpc) is 2.94. The lowest BCUT2D eigenvalue weighted by Crippen LogP contribution is -2.51. The summed E-state index contributed by atoms with van der Waals surface area (Å²) in [5.74, 6) is 3.97. The molecule has 0 spiro atoms. The van der Waals surface area contributed by atoms with Crippen LogP contribution in [-0.4, -0.2) is 47.8 Å². The molecule has 4 aliphatic rings. The standard InChI is InChI=1S/C19H24N2O2S/c1-11-2-5-14(24-11)18(22)20-6-8-21(9-7-20)19(23)17-15-12-3-4-13(10-12)16(15)17/h2,5,12-13,15-17H,3-4,6-10H2,1H3/t12-,13-,15+,16+/m0/s1. The fourth-order valence-electron chi connectivity index (χ4n) is 5.70. The molecule has 5 heteroatoms. The molecule has 0 aromatic carbocycles. The summed E-state index contributed by atoms with van der Waals surface area (Å²) >= 11 is 1.56. The van der Waals surface area contributed by atoms with E-state index in [4.69, 9.17) is 0 Å². The van der Waals surface area contributed by atoms with Gasteiger partial charge in [0, 0.05) is 37.0 Å². The van der Waals surface area contributed by atoms with Crippen LogP contribution < -0.4 is 0 Å². The van der Waals surface area contributed by atoms with Crippen LogP contribution in [0.2, 0.25) is 0 Å². The van der Waals surface area contributed by atoms with Gasteiger partial charge in [0.25, 0.3) is 5.91 Å². The highest BCUT2D eigenvalue weighted by Crippen LogP contribution is 2.69. The van der Waals surface area contributed by atoms with Crippen LogP contribution in [0.5, 0.6) is 0 Å². The van der Waals surface area contributed by atoms with Crippen LogP contribution in [0.3, 0.4) is 0 Å². The van der Waals surface area contributed by atoms with Gasteiger partial charge in [0.1, 0.15) is 0 Å². The number of rotatable bonds is 2. The number of thiophene rings is 1. The van der Waals surface area contributed by atoms with Gasteiger partial charge in [-0.3, -0.25) is 9.59 Å². The van der Waals surface area contributed by atoms with Crippen LogP contribution >= 0.6 is 11.3 Å². The summed E-state index contributed by atoms with van der Waals surface area (Å²) in [6, 6.07) is 3.92. The van der Waals surface area contributed by atoms with Crippen molar-refractivity contribution >= 4 is 23.2 Å². The normalized spacial score (nSPS) is 36.8. The van der Waals surface area contributed by atoms with Gasteiger partial charge in [-0.25, -0.2) is 0 Å². The number of aryl methyl sites for hydroxylation is 1. The Morgan fingerprint density at radius 1 is 1.00 bits per heavy atom. The van der Waals surface area contributed by atoms with Crippen LogP contribution in [0.15, 0.2) is 12.1 Å². The summed E-state index contributed by atoms with van der Waals surface area (Å²) in [6.07, 6.45) is 4.11. The van der Waals surface area contributed by atoms with Crippen LogP contribution in [0, 0.1) is 36.5 Å². The Morgan fingerprint density at radius 3 is 2.21 bits per heavy atom. The molecule has 2 amide bonds. The van der Waals surface area contributed by atoms with Gasteiger partial charge in [-0.1, -0.05) is 0 Å². The minimum Gasteiger partial charge on any atom is -0.339 e. The Labute approximate surface area is 146 Å². The van der Waals surface area contributed by atoms with Crippen LogP contribution in [0.25, 0.3) is 0 Å². The van der Waals surface area contributed by atoms with Crippen LogP contribution in [0.4, 0.5) is 0 Å². The van der Waals surface area contributed by atoms with Crippen molar-refractivity contribution in [1.82, 2.24) is 9.80 Å². The molecule has 0 N–H and O–H groups in total. The Balaban J connectivity index is 1.19. The molecule has 0 radical (unpaired) electrons. The molecule has 1 aliphatic heterocycles. The molecule has 4 nitrogen and oxygen atoms in total. The Hall–Kier alpha value is -1.36. The number of piperazine rings is 1. The van der Waals surface area contributed by atoms with Crippen LogP contribution in [-0.2, 0) is 4.79 Å². The molecule has 128 valence electrons. The first-order valence-electron chi connectivity index (χ1n) is 9.28. The fourth-order valence-corrected chi connectivity index (χ4v) is 6.54. The fraction of sp³-hybridized carbons (Fsp3) is 0.684. The van der Waals surface area contributed by atoms with Crippen molar-refractivity contribution < 1.29 is 9.59 Å². The molecule has 4 fully saturated rings. The monoisotopic (exact) mass is 344 g/mol. The Kier molecular flexibility index (Phi) is 3.31. The van der Waals surface area contributed by atoms with E-state index in [9.17, 15) is 9.59 Å². The molecule has 1 saturated heterocycles. The van der Waals surface area contributed by atoms with Gasteiger partial charge in [0.2, 0.25) is 5.91 Å². The van der Waals surface area contributed by atoms with Gasteiger partial charge < -0.3 is 9.80 Å². The second-order valence-corrected chi connectivity index (χ2v) is 9.33. The largest absolute Gasteiger partial charge is 0.339 e. The zero-order valence-corrected chi connectivity index (χ0v) is 14.9. The number of amides is 2. The molecule has 3 aliphatic carbocycles. The zero-order chi connectivity index (χ0) is 16.4. The number of hydrogen-bond acceptors (Lipinski definition) is 3. The maximum absolute atomic E-state index is 12.9. The van der Waals surface area contributed by atoms with E-state index in [0.29, 0.717) is 49.8 Å². The van der Waals surface area contributed by atoms with E-state index in [1.807, 2.05) is 28.9 Å².